The van der Waals surface area contributed by atoms with E-state index in [1.165, 1.54) is 5.56 Å². The first-order chi connectivity index (χ1) is 28.2. The number of piperidine rings is 1. The van der Waals surface area contributed by atoms with Crippen molar-refractivity contribution in [3.05, 3.63) is 111 Å². The number of imide groups is 1. The number of furan rings is 1. The number of anilines is 2. The first kappa shape index (κ1) is 37.0. The van der Waals surface area contributed by atoms with E-state index in [2.05, 4.69) is 44.5 Å². The molecule has 0 bridgehead atoms. The lowest BCUT2D eigenvalue weighted by Crippen LogP contribution is -2.39. The highest BCUT2D eigenvalue weighted by Crippen LogP contribution is 2.40. The van der Waals surface area contributed by atoms with Gasteiger partial charge in [-0.3, -0.25) is 29.5 Å². The van der Waals surface area contributed by atoms with E-state index in [0.29, 0.717) is 46.2 Å². The van der Waals surface area contributed by atoms with Crippen LogP contribution in [0.1, 0.15) is 82.6 Å². The minimum atomic E-state index is -0.475. The van der Waals surface area contributed by atoms with Gasteiger partial charge >= 0.3 is 0 Å². The zero-order valence-corrected chi connectivity index (χ0v) is 32.3. The number of hydrogen-bond acceptors (Lipinski definition) is 10. The maximum Gasteiger partial charge on any atom is 0.270 e. The Morgan fingerprint density at radius 2 is 1.84 bits per heavy atom. The van der Waals surface area contributed by atoms with Crippen molar-refractivity contribution < 1.29 is 23.5 Å². The molecule has 13 nitrogen and oxygen atoms in total. The van der Waals surface area contributed by atoms with E-state index in [9.17, 15) is 19.2 Å². The minimum Gasteiger partial charge on any atom is -0.447 e. The molecule has 0 radical (unpaired) electrons. The van der Waals surface area contributed by atoms with E-state index in [4.69, 9.17) is 19.1 Å². The van der Waals surface area contributed by atoms with Gasteiger partial charge in [0.05, 0.1) is 41.2 Å². The number of aromatic nitrogens is 4. The van der Waals surface area contributed by atoms with Crippen molar-refractivity contribution in [2.75, 3.05) is 31.2 Å². The fraction of sp³-hybridized carbons (Fsp3) is 0.311. The molecule has 2 fully saturated rings. The molecule has 2 saturated heterocycles. The highest BCUT2D eigenvalue weighted by molar-refractivity contribution is 6.02. The molecular weight excluding hydrogens is 735 g/mol. The largest absolute Gasteiger partial charge is 0.447 e. The van der Waals surface area contributed by atoms with Crippen LogP contribution in [-0.4, -0.2) is 63.5 Å². The molecule has 4 aromatic heterocycles. The lowest BCUT2D eigenvalue weighted by atomic mass is 9.89. The lowest BCUT2D eigenvalue weighted by Gasteiger charge is -2.33. The van der Waals surface area contributed by atoms with E-state index in [1.54, 1.807) is 29.0 Å². The van der Waals surface area contributed by atoms with Gasteiger partial charge in [0.2, 0.25) is 11.8 Å². The second-order valence-electron chi connectivity index (χ2n) is 15.1. The summed E-state index contributed by atoms with van der Waals surface area (Å²) in [6.45, 7) is 4.18. The second-order valence-corrected chi connectivity index (χ2v) is 15.1. The first-order valence-electron chi connectivity index (χ1n) is 19.7. The van der Waals surface area contributed by atoms with E-state index < -0.39 is 5.92 Å². The molecule has 6 aromatic rings. The molecule has 9 rings (SSSR count). The van der Waals surface area contributed by atoms with Gasteiger partial charge in [-0.1, -0.05) is 24.1 Å². The van der Waals surface area contributed by atoms with Gasteiger partial charge in [-0.2, -0.15) is 0 Å². The summed E-state index contributed by atoms with van der Waals surface area (Å²) in [5, 5.41) is 7.00. The molecule has 1 atom stereocenters. The van der Waals surface area contributed by atoms with Gasteiger partial charge in [0.25, 0.3) is 11.5 Å². The number of para-hydroxylation sites is 1. The average Bonchev–Trinajstić information content (AvgIpc) is 3.68. The monoisotopic (exact) mass is 775 g/mol. The van der Waals surface area contributed by atoms with Crippen molar-refractivity contribution in [3.63, 3.8) is 0 Å². The zero-order chi connectivity index (χ0) is 39.9. The Kier molecular flexibility index (Phi) is 9.79. The Hall–Kier alpha value is -6.65. The van der Waals surface area contributed by atoms with Crippen molar-refractivity contribution >= 4 is 51.0 Å². The normalized spacial score (nSPS) is 17.1. The smallest absolute Gasteiger partial charge is 0.270 e. The minimum absolute atomic E-state index is 0.00369. The van der Waals surface area contributed by atoms with Crippen molar-refractivity contribution in [2.45, 2.75) is 57.3 Å². The van der Waals surface area contributed by atoms with Crippen molar-refractivity contribution in [1.29, 1.82) is 0 Å². The Morgan fingerprint density at radius 1 is 0.983 bits per heavy atom. The van der Waals surface area contributed by atoms with Gasteiger partial charge in [-0.05, 0) is 86.8 Å². The van der Waals surface area contributed by atoms with Gasteiger partial charge in [0.1, 0.15) is 11.3 Å². The number of ether oxygens (including phenoxy) is 1. The molecule has 0 aliphatic carbocycles. The second kappa shape index (κ2) is 15.4. The van der Waals surface area contributed by atoms with Crippen LogP contribution in [0.2, 0.25) is 0 Å². The summed E-state index contributed by atoms with van der Waals surface area (Å²) in [4.78, 5) is 66.6. The van der Waals surface area contributed by atoms with Crippen LogP contribution in [0.15, 0.2) is 76.2 Å². The van der Waals surface area contributed by atoms with Crippen LogP contribution in [-0.2, 0) is 27.8 Å². The third-order valence-corrected chi connectivity index (χ3v) is 11.4. The van der Waals surface area contributed by atoms with Gasteiger partial charge in [-0.25, -0.2) is 9.97 Å². The molecule has 0 saturated carbocycles. The number of fused-ring (bicyclic) bond motifs is 3. The van der Waals surface area contributed by atoms with Crippen LogP contribution in [0.25, 0.3) is 33.3 Å². The molecule has 2 N–H and O–H groups in total. The molecule has 292 valence electrons. The Morgan fingerprint density at radius 3 is 2.66 bits per heavy atom. The van der Waals surface area contributed by atoms with E-state index in [-0.39, 0.29) is 41.9 Å². The molecular formula is C45H41N7O6. The van der Waals surface area contributed by atoms with Crippen LogP contribution >= 0.6 is 0 Å². The van der Waals surface area contributed by atoms with Crippen LogP contribution in [0, 0.1) is 18.8 Å². The molecule has 1 unspecified atom stereocenters. The van der Waals surface area contributed by atoms with Gasteiger partial charge in [0.15, 0.2) is 11.6 Å². The number of aryl methyl sites for hydroxylation is 3. The number of nitrogens with one attached hydrogen (secondary N) is 2. The van der Waals surface area contributed by atoms with Crippen LogP contribution in [0.4, 0.5) is 11.4 Å². The molecule has 3 aliphatic rings. The summed E-state index contributed by atoms with van der Waals surface area (Å²) >= 11 is 0. The highest BCUT2D eigenvalue weighted by atomic mass is 16.5. The van der Waals surface area contributed by atoms with Crippen molar-refractivity contribution in [2.24, 2.45) is 7.05 Å². The summed E-state index contributed by atoms with van der Waals surface area (Å²) in [6.07, 6.45) is 7.74. The number of rotatable bonds is 6. The predicted octanol–water partition coefficient (Wildman–Crippen LogP) is 5.73. The van der Waals surface area contributed by atoms with E-state index in [0.717, 1.165) is 78.8 Å². The first-order valence-corrected chi connectivity index (χ1v) is 19.7. The Labute approximate surface area is 333 Å². The topological polar surface area (TPSA) is 162 Å². The number of carbonyl (C=O) groups is 3. The molecule has 58 heavy (non-hydrogen) atoms. The van der Waals surface area contributed by atoms with E-state index in [1.807, 2.05) is 44.4 Å². The molecule has 3 amide bonds. The quantitative estimate of drug-likeness (QED) is 0.158. The zero-order valence-electron chi connectivity index (χ0n) is 32.3. The highest BCUT2D eigenvalue weighted by Gasteiger charge is 2.30. The fourth-order valence-corrected chi connectivity index (χ4v) is 8.36. The van der Waals surface area contributed by atoms with Crippen molar-refractivity contribution in [3.8, 4) is 23.2 Å². The van der Waals surface area contributed by atoms with Crippen LogP contribution in [0.3, 0.4) is 0 Å². The summed E-state index contributed by atoms with van der Waals surface area (Å²) in [5.41, 5.74) is 7.94. The molecule has 3 aliphatic heterocycles. The van der Waals surface area contributed by atoms with Gasteiger partial charge in [-0.15, -0.1) is 0 Å². The number of benzene rings is 2. The summed E-state index contributed by atoms with van der Waals surface area (Å²) in [7, 11) is 1.85. The molecule has 13 heteroatoms. The average molecular weight is 776 g/mol. The van der Waals surface area contributed by atoms with Crippen LogP contribution in [0.5, 0.6) is 0 Å². The SMILES string of the molecule is Cc1cc2c(N3CCCc4nc(-c5ccc(C(=O)NCC#Cc6cc7cccc(C8CCC(=O)NC8=O)c7o6)nc5)ncc43)cc(C3CCOCC3)cc2n(C)c1=O. The lowest BCUT2D eigenvalue weighted by molar-refractivity contribution is -0.134. The Balaban J connectivity index is 0.901. The number of amides is 3. The molecule has 7 heterocycles. The summed E-state index contributed by atoms with van der Waals surface area (Å²) < 4.78 is 13.4. The number of carbonyl (C=O) groups excluding carboxylic acids is 3. The number of hydrogen-bond donors (Lipinski definition) is 2. The number of nitrogens with zero attached hydrogens (tertiary/aromatic N) is 5. The predicted molar refractivity (Wildman–Crippen MR) is 218 cm³/mol. The third-order valence-electron chi connectivity index (χ3n) is 11.4. The van der Waals surface area contributed by atoms with Gasteiger partial charge < -0.3 is 23.9 Å². The number of pyridine rings is 2. The third kappa shape index (κ3) is 7.00. The summed E-state index contributed by atoms with van der Waals surface area (Å²) in [6, 6.07) is 17.2. The fourth-order valence-electron chi connectivity index (χ4n) is 8.36. The molecule has 2 aromatic carbocycles. The summed E-state index contributed by atoms with van der Waals surface area (Å²) in [5.74, 6) is 5.70. The maximum absolute atomic E-state index is 13.0. The van der Waals surface area contributed by atoms with Crippen LogP contribution < -0.4 is 21.1 Å². The standard InChI is InChI=1S/C45H41N7O6/c1-26-20-34-37(51(2)45(26)56)22-30(27-14-18-57-19-15-27)23-38(34)52-17-5-9-35-39(52)25-48-42(49-35)29-10-12-36(47-24-29)44(55)46-16-4-7-31-21-28-6-3-8-32(41(28)58-31)33-11-13-40(53)50-43(33)54/h3,6,8,10,12,20-25,27,33H,5,9,11,13-19H2,1-2H3,(H,46,55)(H,50,53,54). The molecule has 0 spiro atoms. The van der Waals surface area contributed by atoms with Crippen molar-refractivity contribution in [1.82, 2.24) is 30.2 Å². The maximum atomic E-state index is 13.0. The van der Waals surface area contributed by atoms with E-state index >= 15 is 0 Å². The Bertz CT molecular complexity index is 2750. The van der Waals surface area contributed by atoms with Gasteiger partial charge in [0, 0.05) is 73.0 Å².